The smallest absolute Gasteiger partial charge is 0.176 e. The van der Waals surface area contributed by atoms with Gasteiger partial charge in [0.25, 0.3) is 0 Å². The fourth-order valence-electron chi connectivity index (χ4n) is 2.24. The van der Waals surface area contributed by atoms with E-state index in [1.165, 1.54) is 18.9 Å². The van der Waals surface area contributed by atoms with Crippen molar-refractivity contribution in [1.29, 1.82) is 0 Å². The quantitative estimate of drug-likeness (QED) is 0.813. The summed E-state index contributed by atoms with van der Waals surface area (Å²) in [5.74, 6) is -0.340. The first-order valence-electron chi connectivity index (χ1n) is 6.19. The van der Waals surface area contributed by atoms with Gasteiger partial charge in [0.15, 0.2) is 5.78 Å². The zero-order chi connectivity index (χ0) is 12.3. The van der Waals surface area contributed by atoms with Crippen molar-refractivity contribution in [3.05, 3.63) is 35.1 Å². The van der Waals surface area contributed by atoms with E-state index >= 15 is 0 Å². The molecule has 3 heteroatoms. The van der Waals surface area contributed by atoms with Crippen molar-refractivity contribution in [2.45, 2.75) is 38.6 Å². The second kappa shape index (κ2) is 5.41. The van der Waals surface area contributed by atoms with Crippen molar-refractivity contribution in [3.63, 3.8) is 0 Å². The number of nitrogens with one attached hydrogen (secondary N) is 1. The van der Waals surface area contributed by atoms with Crippen LogP contribution in [-0.2, 0) is 0 Å². The molecule has 2 rings (SSSR count). The minimum absolute atomic E-state index is 0.0317. The molecule has 0 radical (unpaired) electrons. The van der Waals surface area contributed by atoms with Gasteiger partial charge in [-0.3, -0.25) is 4.79 Å². The average molecular weight is 235 g/mol. The van der Waals surface area contributed by atoms with E-state index in [1.54, 1.807) is 19.1 Å². The zero-order valence-electron chi connectivity index (χ0n) is 10.1. The van der Waals surface area contributed by atoms with Crippen LogP contribution in [0, 0.1) is 12.7 Å². The Labute approximate surface area is 101 Å². The first kappa shape index (κ1) is 12.2. The standard InChI is InChI=1S/C14H18FNO/c1-10-6-7-11(8-13(10)15)14(17)9-16-12-4-2-3-5-12/h6-8,12,16H,2-5,9H2,1H3. The summed E-state index contributed by atoms with van der Waals surface area (Å²) in [6, 6.07) is 5.14. The number of benzene rings is 1. The van der Waals surface area contributed by atoms with Crippen LogP contribution >= 0.6 is 0 Å². The molecule has 0 aliphatic heterocycles. The van der Waals surface area contributed by atoms with Crippen LogP contribution in [0.15, 0.2) is 18.2 Å². The van der Waals surface area contributed by atoms with E-state index in [1.807, 2.05) is 0 Å². The number of ketones is 1. The first-order chi connectivity index (χ1) is 8.16. The largest absolute Gasteiger partial charge is 0.307 e. The lowest BCUT2D eigenvalue weighted by Crippen LogP contribution is -2.31. The van der Waals surface area contributed by atoms with Gasteiger partial charge in [0, 0.05) is 11.6 Å². The van der Waals surface area contributed by atoms with E-state index in [4.69, 9.17) is 0 Å². The lowest BCUT2D eigenvalue weighted by atomic mass is 10.1. The van der Waals surface area contributed by atoms with Gasteiger partial charge in [-0.15, -0.1) is 0 Å². The maximum Gasteiger partial charge on any atom is 0.176 e. The number of hydrogen-bond acceptors (Lipinski definition) is 2. The molecule has 0 unspecified atom stereocenters. The number of hydrogen-bond donors (Lipinski definition) is 1. The van der Waals surface area contributed by atoms with Crippen molar-refractivity contribution in [2.24, 2.45) is 0 Å². The molecule has 17 heavy (non-hydrogen) atoms. The minimum atomic E-state index is -0.309. The molecular weight excluding hydrogens is 217 g/mol. The van der Waals surface area contributed by atoms with Crippen molar-refractivity contribution in [1.82, 2.24) is 5.32 Å². The maximum absolute atomic E-state index is 13.3. The van der Waals surface area contributed by atoms with Crippen molar-refractivity contribution in [2.75, 3.05) is 6.54 Å². The predicted molar refractivity (Wildman–Crippen MR) is 65.7 cm³/mol. The molecule has 1 fully saturated rings. The number of halogens is 1. The Morgan fingerprint density at radius 3 is 2.76 bits per heavy atom. The molecule has 0 atom stereocenters. The van der Waals surface area contributed by atoms with Crippen molar-refractivity contribution in [3.8, 4) is 0 Å². The molecular formula is C14H18FNO. The van der Waals surface area contributed by atoms with Crippen LogP contribution in [0.2, 0.25) is 0 Å². The van der Waals surface area contributed by atoms with Crippen LogP contribution in [0.25, 0.3) is 0 Å². The molecule has 1 aliphatic carbocycles. The van der Waals surface area contributed by atoms with E-state index in [-0.39, 0.29) is 11.6 Å². The first-order valence-corrected chi connectivity index (χ1v) is 6.19. The van der Waals surface area contributed by atoms with Gasteiger partial charge < -0.3 is 5.32 Å². The summed E-state index contributed by atoms with van der Waals surface area (Å²) < 4.78 is 13.3. The van der Waals surface area contributed by atoms with Crippen LogP contribution in [0.5, 0.6) is 0 Å². The Morgan fingerprint density at radius 1 is 1.41 bits per heavy atom. The summed E-state index contributed by atoms with van der Waals surface area (Å²) in [5, 5.41) is 3.24. The van der Waals surface area contributed by atoms with Crippen molar-refractivity contribution < 1.29 is 9.18 Å². The second-order valence-electron chi connectivity index (χ2n) is 4.75. The van der Waals surface area contributed by atoms with Gasteiger partial charge in [0.2, 0.25) is 0 Å². The zero-order valence-corrected chi connectivity index (χ0v) is 10.1. The summed E-state index contributed by atoms with van der Waals surface area (Å²) in [5.41, 5.74) is 1.03. The monoisotopic (exact) mass is 235 g/mol. The molecule has 0 bridgehead atoms. The molecule has 1 saturated carbocycles. The lowest BCUT2D eigenvalue weighted by molar-refractivity contribution is 0.0987. The number of rotatable bonds is 4. The fraction of sp³-hybridized carbons (Fsp3) is 0.500. The normalized spacial score (nSPS) is 16.4. The molecule has 1 aliphatic rings. The molecule has 2 nitrogen and oxygen atoms in total. The summed E-state index contributed by atoms with van der Waals surface area (Å²) in [7, 11) is 0. The fourth-order valence-corrected chi connectivity index (χ4v) is 2.24. The van der Waals surface area contributed by atoms with Gasteiger partial charge in [-0.05, 0) is 31.4 Å². The predicted octanol–water partition coefficient (Wildman–Crippen LogP) is 2.85. The SMILES string of the molecule is Cc1ccc(C(=O)CNC2CCCC2)cc1F. The highest BCUT2D eigenvalue weighted by Gasteiger charge is 2.16. The number of aryl methyl sites for hydroxylation is 1. The molecule has 1 N–H and O–H groups in total. The third kappa shape index (κ3) is 3.13. The molecule has 0 spiro atoms. The van der Waals surface area contributed by atoms with Crippen LogP contribution in [0.3, 0.4) is 0 Å². The van der Waals surface area contributed by atoms with E-state index in [0.29, 0.717) is 23.7 Å². The maximum atomic E-state index is 13.3. The molecule has 0 saturated heterocycles. The third-order valence-electron chi connectivity index (χ3n) is 3.40. The van der Waals surface area contributed by atoms with Crippen LogP contribution in [0.4, 0.5) is 4.39 Å². The van der Waals surface area contributed by atoms with Gasteiger partial charge >= 0.3 is 0 Å². The van der Waals surface area contributed by atoms with Crippen LogP contribution < -0.4 is 5.32 Å². The second-order valence-corrected chi connectivity index (χ2v) is 4.75. The summed E-state index contributed by atoms with van der Waals surface area (Å²) in [4.78, 5) is 11.8. The molecule has 0 amide bonds. The van der Waals surface area contributed by atoms with E-state index in [0.717, 1.165) is 12.8 Å². The van der Waals surface area contributed by atoms with Gasteiger partial charge in [0.05, 0.1) is 6.54 Å². The summed E-state index contributed by atoms with van der Waals surface area (Å²) in [6.07, 6.45) is 4.78. The number of Topliss-reactive ketones (excluding diaryl/α,β-unsaturated/α-hetero) is 1. The molecule has 0 heterocycles. The molecule has 0 aromatic heterocycles. The van der Waals surface area contributed by atoms with Crippen LogP contribution in [0.1, 0.15) is 41.6 Å². The topological polar surface area (TPSA) is 29.1 Å². The highest BCUT2D eigenvalue weighted by molar-refractivity contribution is 5.97. The van der Waals surface area contributed by atoms with E-state index in [2.05, 4.69) is 5.32 Å². The molecule has 92 valence electrons. The Balaban J connectivity index is 1.92. The number of carbonyl (C=O) groups is 1. The number of carbonyl (C=O) groups excluding carboxylic acids is 1. The van der Waals surface area contributed by atoms with Crippen LogP contribution in [-0.4, -0.2) is 18.4 Å². The Morgan fingerprint density at radius 2 is 2.12 bits per heavy atom. The van der Waals surface area contributed by atoms with Gasteiger partial charge in [-0.2, -0.15) is 0 Å². The summed E-state index contributed by atoms with van der Waals surface area (Å²) >= 11 is 0. The van der Waals surface area contributed by atoms with Crippen molar-refractivity contribution >= 4 is 5.78 Å². The molecule has 1 aromatic carbocycles. The molecule has 1 aromatic rings. The lowest BCUT2D eigenvalue weighted by Gasteiger charge is -2.11. The van der Waals surface area contributed by atoms with E-state index < -0.39 is 0 Å². The van der Waals surface area contributed by atoms with Gasteiger partial charge in [-0.1, -0.05) is 25.0 Å². The highest BCUT2D eigenvalue weighted by Crippen LogP contribution is 2.17. The summed E-state index contributed by atoms with van der Waals surface area (Å²) in [6.45, 7) is 2.01. The Bertz CT molecular complexity index is 411. The highest BCUT2D eigenvalue weighted by atomic mass is 19.1. The third-order valence-corrected chi connectivity index (χ3v) is 3.40. The van der Waals surface area contributed by atoms with Gasteiger partial charge in [0.1, 0.15) is 5.82 Å². The average Bonchev–Trinajstić information content (AvgIpc) is 2.82. The Hall–Kier alpha value is -1.22. The minimum Gasteiger partial charge on any atom is -0.307 e. The van der Waals surface area contributed by atoms with E-state index in [9.17, 15) is 9.18 Å². The Kier molecular flexibility index (Phi) is 3.89. The van der Waals surface area contributed by atoms with Gasteiger partial charge in [-0.25, -0.2) is 4.39 Å².